The van der Waals surface area contributed by atoms with E-state index in [4.69, 9.17) is 9.84 Å². The highest BCUT2D eigenvalue weighted by Gasteiger charge is 2.34. The summed E-state index contributed by atoms with van der Waals surface area (Å²) in [6.07, 6.45) is 0.688. The first kappa shape index (κ1) is 24.2. The molecular formula is C30H34N4O2. The molecule has 36 heavy (non-hydrogen) atoms. The van der Waals surface area contributed by atoms with Crippen LogP contribution in [0.4, 0.5) is 0 Å². The summed E-state index contributed by atoms with van der Waals surface area (Å²) in [5, 5.41) is 6.58. The number of ether oxygens (including phenoxy) is 1. The Hall–Kier alpha value is -3.48. The summed E-state index contributed by atoms with van der Waals surface area (Å²) >= 11 is 0. The molecular weight excluding hydrogens is 448 g/mol. The van der Waals surface area contributed by atoms with Crippen LogP contribution in [0.2, 0.25) is 0 Å². The van der Waals surface area contributed by atoms with Crippen molar-refractivity contribution in [2.45, 2.75) is 25.9 Å². The molecule has 1 amide bonds. The van der Waals surface area contributed by atoms with Crippen LogP contribution < -0.4 is 4.74 Å². The fraction of sp³-hybridized carbons (Fsp3) is 0.333. The van der Waals surface area contributed by atoms with Gasteiger partial charge in [0.1, 0.15) is 5.75 Å². The van der Waals surface area contributed by atoms with Crippen molar-refractivity contribution in [2.75, 3.05) is 39.8 Å². The third-order valence-corrected chi connectivity index (χ3v) is 7.07. The van der Waals surface area contributed by atoms with Crippen LogP contribution in [0.3, 0.4) is 0 Å². The minimum atomic E-state index is -0.137. The van der Waals surface area contributed by atoms with Crippen molar-refractivity contribution in [3.63, 3.8) is 0 Å². The van der Waals surface area contributed by atoms with Crippen LogP contribution in [-0.2, 0) is 11.3 Å². The van der Waals surface area contributed by atoms with Crippen molar-refractivity contribution in [3.05, 3.63) is 101 Å². The summed E-state index contributed by atoms with van der Waals surface area (Å²) < 4.78 is 5.46. The number of carbonyl (C=O) groups is 1. The zero-order valence-corrected chi connectivity index (χ0v) is 21.1. The number of nitrogens with zero attached hydrogens (tertiary/aromatic N) is 4. The first-order chi connectivity index (χ1) is 17.6. The molecule has 186 valence electrons. The van der Waals surface area contributed by atoms with Gasteiger partial charge in [0, 0.05) is 39.1 Å². The quantitative estimate of drug-likeness (QED) is 0.498. The monoisotopic (exact) mass is 482 g/mol. The van der Waals surface area contributed by atoms with E-state index in [2.05, 4.69) is 71.3 Å². The number of methoxy groups -OCH3 is 1. The first-order valence-corrected chi connectivity index (χ1v) is 12.7. The molecule has 1 atom stereocenters. The molecule has 0 bridgehead atoms. The maximum atomic E-state index is 13.6. The van der Waals surface area contributed by atoms with E-state index >= 15 is 0 Å². The van der Waals surface area contributed by atoms with Crippen molar-refractivity contribution in [2.24, 2.45) is 5.10 Å². The number of hydrogen-bond donors (Lipinski definition) is 0. The van der Waals surface area contributed by atoms with Crippen molar-refractivity contribution in [1.82, 2.24) is 14.8 Å². The van der Waals surface area contributed by atoms with Crippen LogP contribution in [0, 0.1) is 6.92 Å². The Morgan fingerprint density at radius 2 is 1.67 bits per heavy atom. The molecule has 0 aromatic heterocycles. The van der Waals surface area contributed by atoms with Crippen molar-refractivity contribution in [3.8, 4) is 5.75 Å². The Morgan fingerprint density at radius 1 is 0.917 bits per heavy atom. The molecule has 0 N–H and O–H groups in total. The lowest BCUT2D eigenvalue weighted by atomic mass is 9.97. The van der Waals surface area contributed by atoms with E-state index in [1.807, 2.05) is 24.3 Å². The lowest BCUT2D eigenvalue weighted by Crippen LogP contribution is -2.49. The van der Waals surface area contributed by atoms with Gasteiger partial charge < -0.3 is 4.74 Å². The van der Waals surface area contributed by atoms with Gasteiger partial charge in [0.2, 0.25) is 0 Å². The Bertz CT molecular complexity index is 1220. The molecule has 3 aromatic rings. The van der Waals surface area contributed by atoms with Crippen LogP contribution in [0.5, 0.6) is 5.75 Å². The Morgan fingerprint density at radius 3 is 2.42 bits per heavy atom. The van der Waals surface area contributed by atoms with Gasteiger partial charge in [-0.2, -0.15) is 5.10 Å². The lowest BCUT2D eigenvalue weighted by Gasteiger charge is -2.35. The van der Waals surface area contributed by atoms with Gasteiger partial charge in [0.05, 0.1) is 25.4 Å². The SMILES string of the molecule is COc1cccc([C@@H]2CC(c3cccc(C)c3)=NN2C(=O)CN2CCN(Cc3ccccc3)CC2)c1. The fourth-order valence-corrected chi connectivity index (χ4v) is 5.06. The molecule has 2 heterocycles. The summed E-state index contributed by atoms with van der Waals surface area (Å²) in [7, 11) is 1.67. The smallest absolute Gasteiger partial charge is 0.257 e. The molecule has 0 unspecified atom stereocenters. The number of rotatable bonds is 7. The number of carbonyl (C=O) groups excluding carboxylic acids is 1. The van der Waals surface area contributed by atoms with Gasteiger partial charge in [-0.3, -0.25) is 14.6 Å². The summed E-state index contributed by atoms with van der Waals surface area (Å²) in [6, 6.07) is 26.8. The van der Waals surface area contributed by atoms with E-state index in [-0.39, 0.29) is 11.9 Å². The maximum absolute atomic E-state index is 13.6. The van der Waals surface area contributed by atoms with Crippen molar-refractivity contribution < 1.29 is 9.53 Å². The van der Waals surface area contributed by atoms with Gasteiger partial charge in [-0.1, -0.05) is 72.3 Å². The predicted octanol–water partition coefficient (Wildman–Crippen LogP) is 4.50. The van der Waals surface area contributed by atoms with E-state index in [0.717, 1.165) is 55.3 Å². The maximum Gasteiger partial charge on any atom is 0.257 e. The van der Waals surface area contributed by atoms with E-state index in [9.17, 15) is 4.79 Å². The molecule has 1 fully saturated rings. The van der Waals surface area contributed by atoms with E-state index < -0.39 is 0 Å². The van der Waals surface area contributed by atoms with Crippen LogP contribution in [0.15, 0.2) is 84.0 Å². The van der Waals surface area contributed by atoms with Crippen molar-refractivity contribution in [1.29, 1.82) is 0 Å². The number of hydrogen-bond acceptors (Lipinski definition) is 5. The molecule has 5 rings (SSSR count). The highest BCUT2D eigenvalue weighted by Crippen LogP contribution is 2.34. The number of amides is 1. The van der Waals surface area contributed by atoms with Crippen LogP contribution in [-0.4, -0.2) is 66.3 Å². The summed E-state index contributed by atoms with van der Waals surface area (Å²) in [6.45, 7) is 7.09. The highest BCUT2D eigenvalue weighted by atomic mass is 16.5. The highest BCUT2D eigenvalue weighted by molar-refractivity contribution is 6.03. The third-order valence-electron chi connectivity index (χ3n) is 7.07. The second-order valence-electron chi connectivity index (χ2n) is 9.69. The van der Waals surface area contributed by atoms with Gasteiger partial charge in [-0.15, -0.1) is 0 Å². The second-order valence-corrected chi connectivity index (χ2v) is 9.69. The standard InChI is InChI=1S/C30H34N4O2/c1-23-8-6-11-25(18-23)28-20-29(26-12-7-13-27(19-26)36-2)34(31-28)30(35)22-33-16-14-32(15-17-33)21-24-9-4-3-5-10-24/h3-13,18-19,29H,14-17,20-22H2,1-2H3/t29-/m0/s1. The Labute approximate surface area is 213 Å². The van der Waals surface area contributed by atoms with Crippen LogP contribution in [0.25, 0.3) is 0 Å². The van der Waals surface area contributed by atoms with Gasteiger partial charge in [-0.25, -0.2) is 5.01 Å². The van der Waals surface area contributed by atoms with Crippen LogP contribution >= 0.6 is 0 Å². The molecule has 0 saturated carbocycles. The molecule has 2 aliphatic rings. The molecule has 0 aliphatic carbocycles. The summed E-state index contributed by atoms with van der Waals surface area (Å²) in [5.41, 5.74) is 5.59. The number of aryl methyl sites for hydroxylation is 1. The lowest BCUT2D eigenvalue weighted by molar-refractivity contribution is -0.134. The Kier molecular flexibility index (Phi) is 7.44. The van der Waals surface area contributed by atoms with Gasteiger partial charge in [0.15, 0.2) is 0 Å². The third kappa shape index (κ3) is 5.66. The zero-order chi connectivity index (χ0) is 24.9. The molecule has 0 radical (unpaired) electrons. The van der Waals surface area contributed by atoms with E-state index in [1.54, 1.807) is 12.1 Å². The van der Waals surface area contributed by atoms with Gasteiger partial charge in [0.25, 0.3) is 5.91 Å². The van der Waals surface area contributed by atoms with E-state index in [0.29, 0.717) is 13.0 Å². The molecule has 6 nitrogen and oxygen atoms in total. The Balaban J connectivity index is 1.29. The molecule has 6 heteroatoms. The minimum Gasteiger partial charge on any atom is -0.497 e. The average Bonchev–Trinajstić information content (AvgIpc) is 3.36. The predicted molar refractivity (Wildman–Crippen MR) is 143 cm³/mol. The van der Waals surface area contributed by atoms with Gasteiger partial charge >= 0.3 is 0 Å². The summed E-state index contributed by atoms with van der Waals surface area (Å²) in [5.74, 6) is 0.834. The number of benzene rings is 3. The molecule has 0 spiro atoms. The number of piperazine rings is 1. The molecule has 3 aromatic carbocycles. The normalized spacial score (nSPS) is 18.8. The molecule has 2 aliphatic heterocycles. The topological polar surface area (TPSA) is 48.4 Å². The largest absolute Gasteiger partial charge is 0.497 e. The molecule has 1 saturated heterocycles. The summed E-state index contributed by atoms with van der Waals surface area (Å²) in [4.78, 5) is 18.3. The fourth-order valence-electron chi connectivity index (χ4n) is 5.06. The van der Waals surface area contributed by atoms with Crippen LogP contribution in [0.1, 0.15) is 34.7 Å². The number of hydrazone groups is 1. The second kappa shape index (κ2) is 11.1. The minimum absolute atomic E-state index is 0.0435. The van der Waals surface area contributed by atoms with Crippen molar-refractivity contribution >= 4 is 11.6 Å². The first-order valence-electron chi connectivity index (χ1n) is 12.7. The average molecular weight is 483 g/mol. The zero-order valence-electron chi connectivity index (χ0n) is 21.1. The van der Waals surface area contributed by atoms with E-state index in [1.165, 1.54) is 11.1 Å². The van der Waals surface area contributed by atoms with Gasteiger partial charge in [-0.05, 0) is 35.7 Å².